The molecule has 0 aromatic carbocycles. The Balaban J connectivity index is 1.92. The van der Waals surface area contributed by atoms with Crippen LogP contribution in [-0.4, -0.2) is 45.6 Å². The van der Waals surface area contributed by atoms with Gasteiger partial charge >= 0.3 is 5.69 Å². The van der Waals surface area contributed by atoms with Gasteiger partial charge in [-0.15, -0.1) is 5.10 Å². The minimum Gasteiger partial charge on any atom is -0.355 e. The monoisotopic (exact) mass is 253 g/mol. The molecule has 0 atom stereocenters. The summed E-state index contributed by atoms with van der Waals surface area (Å²) < 4.78 is 0. The average Bonchev–Trinajstić information content (AvgIpc) is 2.38. The first kappa shape index (κ1) is 12.3. The van der Waals surface area contributed by atoms with Crippen LogP contribution in [0.5, 0.6) is 0 Å². The maximum Gasteiger partial charge on any atom is 0.342 e. The van der Waals surface area contributed by atoms with Gasteiger partial charge in [0.1, 0.15) is 0 Å². The highest BCUT2D eigenvalue weighted by Gasteiger charge is 2.16. The van der Waals surface area contributed by atoms with Gasteiger partial charge in [-0.05, 0) is 19.3 Å². The number of aromatic nitrogens is 3. The van der Waals surface area contributed by atoms with Crippen molar-refractivity contribution >= 4 is 11.7 Å². The molecular weight excluding hydrogens is 238 g/mol. The maximum absolute atomic E-state index is 11.8. The van der Waals surface area contributed by atoms with E-state index in [0.29, 0.717) is 0 Å². The van der Waals surface area contributed by atoms with E-state index in [1.807, 2.05) is 4.98 Å². The number of H-pyrrole nitrogens is 2. The zero-order valence-electron chi connectivity index (χ0n) is 9.86. The highest BCUT2D eigenvalue weighted by atomic mass is 16.2. The third-order valence-electron chi connectivity index (χ3n) is 2.83. The number of likely N-dealkylation sites (tertiary alicyclic amines) is 1. The Hall–Kier alpha value is -2.12. The minimum atomic E-state index is -0.673. The van der Waals surface area contributed by atoms with Crippen molar-refractivity contribution in [1.82, 2.24) is 20.1 Å². The van der Waals surface area contributed by atoms with Crippen molar-refractivity contribution in [2.75, 3.05) is 25.0 Å². The summed E-state index contributed by atoms with van der Waals surface area (Å²) in [6, 6.07) is 0. The molecule has 0 saturated carbocycles. The van der Waals surface area contributed by atoms with E-state index in [-0.39, 0.29) is 18.3 Å². The molecule has 18 heavy (non-hydrogen) atoms. The number of nitrogens with one attached hydrogen (secondary N) is 3. The molecule has 0 unspecified atom stereocenters. The summed E-state index contributed by atoms with van der Waals surface area (Å²) in [4.78, 5) is 37.6. The molecule has 2 rings (SSSR count). The van der Waals surface area contributed by atoms with Crippen LogP contribution in [0.1, 0.15) is 19.3 Å². The molecule has 1 aromatic rings. The van der Waals surface area contributed by atoms with E-state index in [9.17, 15) is 14.4 Å². The van der Waals surface area contributed by atoms with Gasteiger partial charge in [0.2, 0.25) is 11.7 Å². The second kappa shape index (κ2) is 5.48. The van der Waals surface area contributed by atoms with Crippen molar-refractivity contribution in [3.8, 4) is 0 Å². The van der Waals surface area contributed by atoms with E-state index in [2.05, 4.69) is 15.5 Å². The van der Waals surface area contributed by atoms with Crippen LogP contribution in [-0.2, 0) is 4.79 Å². The van der Waals surface area contributed by atoms with Gasteiger partial charge in [-0.25, -0.2) is 9.89 Å². The van der Waals surface area contributed by atoms with Crippen LogP contribution in [0.15, 0.2) is 9.59 Å². The lowest BCUT2D eigenvalue weighted by Gasteiger charge is -2.26. The standard InChI is InChI=1S/C10H15N5O3/c16-7(15-4-2-1-3-5-15)6-11-8-9(17)12-10(18)14-13-8/h1-6H2,(H,11,13)(H2,12,14,17,18). The van der Waals surface area contributed by atoms with Crippen molar-refractivity contribution in [3.05, 3.63) is 20.8 Å². The molecule has 2 heterocycles. The van der Waals surface area contributed by atoms with Crippen molar-refractivity contribution in [1.29, 1.82) is 0 Å². The number of carbonyl (C=O) groups excluding carboxylic acids is 1. The van der Waals surface area contributed by atoms with Gasteiger partial charge in [-0.1, -0.05) is 0 Å². The van der Waals surface area contributed by atoms with Crippen molar-refractivity contribution < 1.29 is 4.79 Å². The Morgan fingerprint density at radius 3 is 2.67 bits per heavy atom. The Labute approximate surface area is 102 Å². The Morgan fingerprint density at radius 1 is 1.28 bits per heavy atom. The fraction of sp³-hybridized carbons (Fsp3) is 0.600. The van der Waals surface area contributed by atoms with E-state index in [1.165, 1.54) is 0 Å². The second-order valence-electron chi connectivity index (χ2n) is 4.15. The van der Waals surface area contributed by atoms with Gasteiger partial charge in [0, 0.05) is 13.1 Å². The number of anilines is 1. The van der Waals surface area contributed by atoms with Crippen LogP contribution in [0.3, 0.4) is 0 Å². The molecule has 0 aliphatic carbocycles. The normalized spacial score (nSPS) is 15.4. The van der Waals surface area contributed by atoms with Crippen LogP contribution < -0.4 is 16.6 Å². The van der Waals surface area contributed by atoms with E-state index in [4.69, 9.17) is 0 Å². The number of nitrogens with zero attached hydrogens (tertiary/aromatic N) is 2. The first-order valence-corrected chi connectivity index (χ1v) is 5.87. The number of hydrogen-bond acceptors (Lipinski definition) is 5. The van der Waals surface area contributed by atoms with Gasteiger partial charge < -0.3 is 10.2 Å². The van der Waals surface area contributed by atoms with Crippen LogP contribution in [0.25, 0.3) is 0 Å². The molecule has 0 radical (unpaired) electrons. The Kier molecular flexibility index (Phi) is 3.75. The molecule has 8 nitrogen and oxygen atoms in total. The Bertz CT molecular complexity index is 529. The lowest BCUT2D eigenvalue weighted by Crippen LogP contribution is -2.40. The lowest BCUT2D eigenvalue weighted by molar-refractivity contribution is -0.130. The summed E-state index contributed by atoms with van der Waals surface area (Å²) >= 11 is 0. The van der Waals surface area contributed by atoms with Crippen molar-refractivity contribution in [2.45, 2.75) is 19.3 Å². The van der Waals surface area contributed by atoms with Crippen LogP contribution in [0.2, 0.25) is 0 Å². The highest BCUT2D eigenvalue weighted by Crippen LogP contribution is 2.08. The van der Waals surface area contributed by atoms with E-state index in [1.54, 1.807) is 4.90 Å². The zero-order chi connectivity index (χ0) is 13.0. The maximum atomic E-state index is 11.8. The molecule has 1 fully saturated rings. The first-order valence-electron chi connectivity index (χ1n) is 5.87. The first-order chi connectivity index (χ1) is 8.66. The molecule has 1 saturated heterocycles. The molecule has 0 bridgehead atoms. The summed E-state index contributed by atoms with van der Waals surface area (Å²) in [5, 5.41) is 8.25. The molecule has 3 N–H and O–H groups in total. The third kappa shape index (κ3) is 2.96. The zero-order valence-corrected chi connectivity index (χ0v) is 9.86. The Morgan fingerprint density at radius 2 is 2.00 bits per heavy atom. The average molecular weight is 253 g/mol. The molecular formula is C10H15N5O3. The van der Waals surface area contributed by atoms with Gasteiger partial charge in [0.25, 0.3) is 5.56 Å². The van der Waals surface area contributed by atoms with Crippen LogP contribution >= 0.6 is 0 Å². The number of carbonyl (C=O) groups is 1. The summed E-state index contributed by atoms with van der Waals surface area (Å²) in [6.07, 6.45) is 3.19. The summed E-state index contributed by atoms with van der Waals surface area (Å²) in [6.45, 7) is 1.52. The van der Waals surface area contributed by atoms with E-state index < -0.39 is 11.2 Å². The number of piperidine rings is 1. The predicted molar refractivity (Wildman–Crippen MR) is 64.4 cm³/mol. The molecule has 1 aliphatic rings. The summed E-state index contributed by atoms with van der Waals surface area (Å²) in [5.74, 6) is -0.123. The number of hydrogen-bond donors (Lipinski definition) is 3. The molecule has 1 amide bonds. The van der Waals surface area contributed by atoms with Crippen LogP contribution in [0.4, 0.5) is 5.82 Å². The predicted octanol–water partition coefficient (Wildman–Crippen LogP) is -1.12. The second-order valence-corrected chi connectivity index (χ2v) is 4.15. The smallest absolute Gasteiger partial charge is 0.342 e. The van der Waals surface area contributed by atoms with Crippen molar-refractivity contribution in [2.24, 2.45) is 0 Å². The third-order valence-corrected chi connectivity index (χ3v) is 2.83. The molecule has 8 heteroatoms. The SMILES string of the molecule is O=C(CNc1n[nH]c(=O)[nH]c1=O)N1CCCCC1. The number of aromatic amines is 2. The quantitative estimate of drug-likeness (QED) is 0.632. The summed E-state index contributed by atoms with van der Waals surface area (Å²) in [7, 11) is 0. The van der Waals surface area contributed by atoms with Gasteiger partial charge in [0.15, 0.2) is 0 Å². The molecule has 1 aliphatic heterocycles. The molecule has 98 valence electrons. The van der Waals surface area contributed by atoms with Gasteiger partial charge in [-0.3, -0.25) is 14.6 Å². The highest BCUT2D eigenvalue weighted by molar-refractivity contribution is 5.80. The van der Waals surface area contributed by atoms with E-state index in [0.717, 1.165) is 32.4 Å². The topological polar surface area (TPSA) is 111 Å². The summed E-state index contributed by atoms with van der Waals surface area (Å²) in [5.41, 5.74) is -1.31. The van der Waals surface area contributed by atoms with Gasteiger partial charge in [0.05, 0.1) is 6.54 Å². The largest absolute Gasteiger partial charge is 0.355 e. The number of rotatable bonds is 3. The minimum absolute atomic E-state index is 0.00211. The molecule has 0 spiro atoms. The van der Waals surface area contributed by atoms with Gasteiger partial charge in [-0.2, -0.15) is 0 Å². The van der Waals surface area contributed by atoms with Crippen LogP contribution in [0, 0.1) is 0 Å². The van der Waals surface area contributed by atoms with E-state index >= 15 is 0 Å². The van der Waals surface area contributed by atoms with Crippen molar-refractivity contribution in [3.63, 3.8) is 0 Å². The number of amides is 1. The lowest BCUT2D eigenvalue weighted by atomic mass is 10.1. The fourth-order valence-electron chi connectivity index (χ4n) is 1.88. The molecule has 1 aromatic heterocycles. The fourth-order valence-corrected chi connectivity index (χ4v) is 1.88.